The Morgan fingerprint density at radius 2 is 1.78 bits per heavy atom. The van der Waals surface area contributed by atoms with Gasteiger partial charge in [-0.05, 0) is 63.4 Å². The third-order valence-corrected chi connectivity index (χ3v) is 10.9. The summed E-state index contributed by atoms with van der Waals surface area (Å²) in [6.07, 6.45) is -1.38. The van der Waals surface area contributed by atoms with Gasteiger partial charge in [0.15, 0.2) is 12.1 Å². The Morgan fingerprint density at radius 1 is 1.02 bits per heavy atom. The summed E-state index contributed by atoms with van der Waals surface area (Å²) in [5.74, 6) is -0.0434. The standard InChI is InChI=1S/C32H50O9/c1-15(2)22-19-10-11-37-29(19)32(6)12-20-17(13-36-7)8-9-18(20)16(3)24(33)28(23(22)32)40-30-26(35)25(34)27-21(39-30)14-38-31(4,5)41-27/h12,15-19,21,24-30,33-35H,8-11,13-14H2,1-7H3. The summed E-state index contributed by atoms with van der Waals surface area (Å²) in [5.41, 5.74) is 3.18. The molecule has 0 aromatic carbocycles. The summed E-state index contributed by atoms with van der Waals surface area (Å²) >= 11 is 0. The minimum Gasteiger partial charge on any atom is -0.390 e. The summed E-state index contributed by atoms with van der Waals surface area (Å²) in [6, 6.07) is 0. The largest absolute Gasteiger partial charge is 0.390 e. The second kappa shape index (κ2) is 10.9. The van der Waals surface area contributed by atoms with Gasteiger partial charge in [-0.1, -0.05) is 38.0 Å². The number of aliphatic hydroxyl groups is 3. The van der Waals surface area contributed by atoms with Crippen molar-refractivity contribution in [3.8, 4) is 0 Å². The molecule has 3 N–H and O–H groups in total. The van der Waals surface area contributed by atoms with Crippen molar-refractivity contribution in [2.45, 2.75) is 116 Å². The van der Waals surface area contributed by atoms with Crippen molar-refractivity contribution in [1.82, 2.24) is 0 Å². The van der Waals surface area contributed by atoms with E-state index in [1.807, 2.05) is 0 Å². The number of ether oxygens (including phenoxy) is 6. The lowest BCUT2D eigenvalue weighted by Gasteiger charge is -2.50. The third kappa shape index (κ3) is 4.88. The normalized spacial score (nSPS) is 49.2. The Kier molecular flexibility index (Phi) is 8.04. The fraction of sp³-hybridized carbons (Fsp3) is 0.875. The summed E-state index contributed by atoms with van der Waals surface area (Å²) in [5, 5.41) is 34.6. The summed E-state index contributed by atoms with van der Waals surface area (Å²) in [6.45, 7) is 13.9. The number of fused-ring (bicyclic) bond motifs is 5. The molecule has 9 heteroatoms. The fourth-order valence-corrected chi connectivity index (χ4v) is 8.99. The van der Waals surface area contributed by atoms with Gasteiger partial charge >= 0.3 is 0 Å². The molecule has 41 heavy (non-hydrogen) atoms. The van der Waals surface area contributed by atoms with E-state index in [1.54, 1.807) is 21.0 Å². The minimum atomic E-state index is -1.35. The van der Waals surface area contributed by atoms with Crippen LogP contribution in [-0.4, -0.2) is 97.1 Å². The van der Waals surface area contributed by atoms with Gasteiger partial charge in [-0.3, -0.25) is 0 Å². The van der Waals surface area contributed by atoms with E-state index < -0.39 is 54.1 Å². The average Bonchev–Trinajstić information content (AvgIpc) is 3.60. The third-order valence-electron chi connectivity index (χ3n) is 10.9. The fourth-order valence-electron chi connectivity index (χ4n) is 8.99. The minimum absolute atomic E-state index is 0.0481. The van der Waals surface area contributed by atoms with Crippen molar-refractivity contribution in [3.63, 3.8) is 0 Å². The molecule has 1 saturated carbocycles. The Balaban J connectivity index is 1.42. The van der Waals surface area contributed by atoms with E-state index in [0.717, 1.165) is 24.8 Å². The van der Waals surface area contributed by atoms with Crippen molar-refractivity contribution in [1.29, 1.82) is 0 Å². The number of rotatable bonds is 5. The molecule has 0 radical (unpaired) electrons. The van der Waals surface area contributed by atoms with Crippen molar-refractivity contribution in [3.05, 3.63) is 22.8 Å². The molecule has 13 atom stereocenters. The number of methoxy groups -OCH3 is 1. The van der Waals surface area contributed by atoms with Crippen LogP contribution in [0.15, 0.2) is 22.8 Å². The Bertz CT molecular complexity index is 1050. The Labute approximate surface area is 244 Å². The van der Waals surface area contributed by atoms with Crippen molar-refractivity contribution < 1.29 is 43.7 Å². The smallest absolute Gasteiger partial charge is 0.187 e. The number of aliphatic hydroxyl groups excluding tert-OH is 3. The molecule has 3 aliphatic carbocycles. The van der Waals surface area contributed by atoms with Gasteiger partial charge in [-0.15, -0.1) is 0 Å². The van der Waals surface area contributed by atoms with E-state index in [4.69, 9.17) is 28.4 Å². The van der Waals surface area contributed by atoms with Crippen LogP contribution in [0.3, 0.4) is 0 Å². The van der Waals surface area contributed by atoms with Crippen LogP contribution in [0.25, 0.3) is 0 Å². The zero-order valence-corrected chi connectivity index (χ0v) is 25.6. The molecule has 3 heterocycles. The van der Waals surface area contributed by atoms with E-state index >= 15 is 0 Å². The highest BCUT2D eigenvalue weighted by atomic mass is 16.8. The molecule has 3 saturated heterocycles. The second-order valence-corrected chi connectivity index (χ2v) is 14.2. The topological polar surface area (TPSA) is 116 Å². The maximum atomic E-state index is 12.2. The van der Waals surface area contributed by atoms with Gasteiger partial charge in [0.2, 0.25) is 0 Å². The molecule has 0 spiro atoms. The van der Waals surface area contributed by atoms with Gasteiger partial charge in [0.1, 0.15) is 30.5 Å². The summed E-state index contributed by atoms with van der Waals surface area (Å²) < 4.78 is 36.8. The zero-order chi connectivity index (χ0) is 29.4. The molecule has 13 unspecified atom stereocenters. The van der Waals surface area contributed by atoms with Crippen LogP contribution < -0.4 is 0 Å². The maximum Gasteiger partial charge on any atom is 0.187 e. The molecule has 0 aromatic heterocycles. The monoisotopic (exact) mass is 578 g/mol. The van der Waals surface area contributed by atoms with E-state index in [2.05, 4.69) is 33.8 Å². The first-order valence-corrected chi connectivity index (χ1v) is 15.6. The van der Waals surface area contributed by atoms with Gasteiger partial charge in [0.25, 0.3) is 0 Å². The van der Waals surface area contributed by atoms with Crippen LogP contribution >= 0.6 is 0 Å². The van der Waals surface area contributed by atoms with Crippen LogP contribution in [0.5, 0.6) is 0 Å². The lowest BCUT2D eigenvalue weighted by atomic mass is 9.68. The van der Waals surface area contributed by atoms with Crippen molar-refractivity contribution in [2.24, 2.45) is 35.0 Å². The van der Waals surface area contributed by atoms with Gasteiger partial charge in [0.05, 0.1) is 25.4 Å². The molecular formula is C32H50O9. The highest BCUT2D eigenvalue weighted by molar-refractivity contribution is 5.45. The van der Waals surface area contributed by atoms with Crippen molar-refractivity contribution >= 4 is 0 Å². The number of hydrogen-bond acceptors (Lipinski definition) is 9. The lowest BCUT2D eigenvalue weighted by Crippen LogP contribution is -2.65. The van der Waals surface area contributed by atoms with Crippen molar-refractivity contribution in [2.75, 3.05) is 26.9 Å². The predicted molar refractivity (Wildman–Crippen MR) is 150 cm³/mol. The summed E-state index contributed by atoms with van der Waals surface area (Å²) in [4.78, 5) is 0. The first-order valence-electron chi connectivity index (χ1n) is 15.6. The first-order chi connectivity index (χ1) is 19.4. The molecule has 0 aromatic rings. The Morgan fingerprint density at radius 3 is 2.49 bits per heavy atom. The van der Waals surface area contributed by atoms with E-state index in [0.29, 0.717) is 19.1 Å². The van der Waals surface area contributed by atoms with Gasteiger partial charge in [-0.25, -0.2) is 0 Å². The van der Waals surface area contributed by atoms with E-state index in [9.17, 15) is 15.3 Å². The highest BCUT2D eigenvalue weighted by Gasteiger charge is 2.60. The van der Waals surface area contributed by atoms with E-state index in [-0.39, 0.29) is 36.4 Å². The average molecular weight is 579 g/mol. The molecule has 0 amide bonds. The highest BCUT2D eigenvalue weighted by Crippen LogP contribution is 2.60. The van der Waals surface area contributed by atoms with Crippen LogP contribution in [-0.2, 0) is 28.4 Å². The second-order valence-electron chi connectivity index (χ2n) is 14.2. The number of hydrogen-bond donors (Lipinski definition) is 3. The van der Waals surface area contributed by atoms with Gasteiger partial charge in [-0.2, -0.15) is 0 Å². The first kappa shape index (κ1) is 30.2. The summed E-state index contributed by atoms with van der Waals surface area (Å²) in [7, 11) is 1.76. The van der Waals surface area contributed by atoms with Crippen LogP contribution in [0.2, 0.25) is 0 Å². The maximum absolute atomic E-state index is 12.2. The molecule has 4 fully saturated rings. The zero-order valence-electron chi connectivity index (χ0n) is 25.6. The molecule has 9 nitrogen and oxygen atoms in total. The van der Waals surface area contributed by atoms with Crippen LogP contribution in [0.4, 0.5) is 0 Å². The van der Waals surface area contributed by atoms with E-state index in [1.165, 1.54) is 11.1 Å². The molecule has 232 valence electrons. The Hall–Kier alpha value is -0.880. The quantitative estimate of drug-likeness (QED) is 0.424. The van der Waals surface area contributed by atoms with Gasteiger partial charge < -0.3 is 43.7 Å². The molecule has 6 aliphatic rings. The van der Waals surface area contributed by atoms with Crippen LogP contribution in [0.1, 0.15) is 60.8 Å². The molecular weight excluding hydrogens is 528 g/mol. The molecule has 0 bridgehead atoms. The lowest BCUT2D eigenvalue weighted by molar-refractivity contribution is -0.387. The molecule has 6 rings (SSSR count). The van der Waals surface area contributed by atoms with Gasteiger partial charge in [0, 0.05) is 31.0 Å². The SMILES string of the molecule is COCC1CCC2C1=CC1(C)C(=C(C(C)C)C3CCOC31)C(OC1OC3COC(C)(C)OC3C(O)C1O)C(O)C2C. The predicted octanol–water partition coefficient (Wildman–Crippen LogP) is 2.96. The van der Waals surface area contributed by atoms with Crippen LogP contribution in [0, 0.1) is 35.0 Å². The molecule has 3 aliphatic heterocycles.